The number of carbonyl (C=O) groups is 1. The summed E-state index contributed by atoms with van der Waals surface area (Å²) in [5.74, 6) is 3.46. The Hall–Kier alpha value is -3.35. The van der Waals surface area contributed by atoms with Gasteiger partial charge in [-0.1, -0.05) is 13.8 Å². The fourth-order valence-corrected chi connectivity index (χ4v) is 4.50. The predicted molar refractivity (Wildman–Crippen MR) is 125 cm³/mol. The van der Waals surface area contributed by atoms with Crippen molar-refractivity contribution < 1.29 is 33.2 Å². The van der Waals surface area contributed by atoms with Crippen LogP contribution in [0.3, 0.4) is 0 Å². The number of rotatable bonds is 3. The molecule has 0 aliphatic carbocycles. The minimum atomic E-state index is -0.555. The van der Waals surface area contributed by atoms with Crippen LogP contribution in [0.15, 0.2) is 24.3 Å². The van der Waals surface area contributed by atoms with Crippen molar-refractivity contribution in [1.29, 1.82) is 0 Å². The van der Waals surface area contributed by atoms with Gasteiger partial charge in [0.1, 0.15) is 40.8 Å². The number of hydrogen-bond acceptors (Lipinski definition) is 7. The van der Waals surface area contributed by atoms with Crippen LogP contribution in [0.25, 0.3) is 11.3 Å². The molecular formula is C26H30O7. The maximum atomic E-state index is 13.0. The third-order valence-corrected chi connectivity index (χ3v) is 5.81. The number of hydrogen-bond donors (Lipinski definition) is 0. The first-order valence-electron chi connectivity index (χ1n) is 11.1. The fraction of sp³-hybridized carbons (Fsp3) is 0.423. The average Bonchev–Trinajstić information content (AvgIpc) is 2.81. The summed E-state index contributed by atoms with van der Waals surface area (Å²) in [6.45, 7) is 8.08. The van der Waals surface area contributed by atoms with Gasteiger partial charge in [0, 0.05) is 17.2 Å². The van der Waals surface area contributed by atoms with E-state index in [0.29, 0.717) is 45.6 Å². The fourth-order valence-electron chi connectivity index (χ4n) is 4.50. The Labute approximate surface area is 194 Å². The molecule has 2 aromatic carbocycles. The van der Waals surface area contributed by atoms with Gasteiger partial charge in [0.2, 0.25) is 0 Å². The van der Waals surface area contributed by atoms with Gasteiger partial charge in [-0.2, -0.15) is 0 Å². The summed E-state index contributed by atoms with van der Waals surface area (Å²) in [6.07, 6.45) is -0.165. The van der Waals surface area contributed by atoms with Crippen LogP contribution in [0, 0.1) is 0 Å². The summed E-state index contributed by atoms with van der Waals surface area (Å²) in [6, 6.07) is 7.34. The number of ether oxygens (including phenoxy) is 6. The molecule has 0 spiro atoms. The van der Waals surface area contributed by atoms with E-state index in [9.17, 15) is 4.79 Å². The third-order valence-electron chi connectivity index (χ3n) is 5.81. The number of fused-ring (bicyclic) bond motifs is 6. The molecule has 0 fully saturated rings. The topological polar surface area (TPSA) is 72.5 Å². The summed E-state index contributed by atoms with van der Waals surface area (Å²) in [4.78, 5) is 13.0. The molecule has 1 atom stereocenters. The minimum absolute atomic E-state index is 0.00876. The Kier molecular flexibility index (Phi) is 5.91. The summed E-state index contributed by atoms with van der Waals surface area (Å²) in [5.41, 5.74) is 2.27. The SMILES string of the molecule is CC.COC1=C2c3cc(OC)c(OC)cc3OC[C@H]2Oc2c1ccc1c2C(=O)CC(C)(C)O1. The monoisotopic (exact) mass is 454 g/mol. The van der Waals surface area contributed by atoms with Crippen molar-refractivity contribution in [3.8, 4) is 28.7 Å². The Bertz CT molecular complexity index is 1130. The molecule has 0 N–H and O–H groups in total. The number of methoxy groups -OCH3 is 3. The smallest absolute Gasteiger partial charge is 0.174 e. The van der Waals surface area contributed by atoms with Crippen molar-refractivity contribution >= 4 is 17.1 Å². The highest BCUT2D eigenvalue weighted by Gasteiger charge is 2.42. The van der Waals surface area contributed by atoms with Crippen LogP contribution in [0.2, 0.25) is 0 Å². The van der Waals surface area contributed by atoms with Crippen LogP contribution in [0.1, 0.15) is 55.6 Å². The molecule has 3 aliphatic rings. The van der Waals surface area contributed by atoms with Crippen molar-refractivity contribution in [2.75, 3.05) is 27.9 Å². The van der Waals surface area contributed by atoms with Gasteiger partial charge in [-0.3, -0.25) is 4.79 Å². The lowest BCUT2D eigenvalue weighted by molar-refractivity contribution is 0.0604. The zero-order valence-corrected chi connectivity index (χ0v) is 20.2. The highest BCUT2D eigenvalue weighted by atomic mass is 16.5. The second kappa shape index (κ2) is 8.54. The zero-order chi connectivity index (χ0) is 23.9. The molecule has 7 nitrogen and oxygen atoms in total. The highest BCUT2D eigenvalue weighted by molar-refractivity contribution is 6.06. The molecule has 0 saturated heterocycles. The molecule has 0 amide bonds. The first-order chi connectivity index (χ1) is 15.9. The van der Waals surface area contributed by atoms with Crippen LogP contribution < -0.4 is 23.7 Å². The van der Waals surface area contributed by atoms with E-state index in [1.807, 2.05) is 45.9 Å². The molecule has 5 rings (SSSR count). The molecular weight excluding hydrogens is 424 g/mol. The molecule has 2 aromatic rings. The number of ketones is 1. The lowest BCUT2D eigenvalue weighted by Gasteiger charge is -2.38. The van der Waals surface area contributed by atoms with E-state index in [1.165, 1.54) is 0 Å². The molecule has 0 saturated carbocycles. The molecule has 0 bridgehead atoms. The van der Waals surface area contributed by atoms with E-state index in [1.54, 1.807) is 27.4 Å². The Morgan fingerprint density at radius 2 is 1.64 bits per heavy atom. The normalized spacial score (nSPS) is 19.1. The number of benzene rings is 2. The van der Waals surface area contributed by atoms with Gasteiger partial charge in [0.25, 0.3) is 0 Å². The molecule has 3 aliphatic heterocycles. The number of Topliss-reactive ketones (excluding diaryl/α,β-unsaturated/α-hetero) is 1. The maximum absolute atomic E-state index is 13.0. The molecule has 7 heteroatoms. The Morgan fingerprint density at radius 3 is 2.30 bits per heavy atom. The van der Waals surface area contributed by atoms with Crippen LogP contribution in [0.4, 0.5) is 0 Å². The lowest BCUT2D eigenvalue weighted by atomic mass is 9.87. The summed E-state index contributed by atoms with van der Waals surface area (Å²) in [7, 11) is 4.79. The molecule has 0 unspecified atom stereocenters. The zero-order valence-electron chi connectivity index (χ0n) is 20.2. The van der Waals surface area contributed by atoms with Gasteiger partial charge in [-0.05, 0) is 32.0 Å². The second-order valence-electron chi connectivity index (χ2n) is 8.34. The van der Waals surface area contributed by atoms with Crippen LogP contribution in [-0.2, 0) is 4.74 Å². The average molecular weight is 455 g/mol. The minimum Gasteiger partial charge on any atom is -0.496 e. The first-order valence-corrected chi connectivity index (χ1v) is 11.1. The standard InChI is InChI=1S/C24H24O7.C2H6/c1-24(2)10-14(25)21-15(31-24)7-6-12-22(28-5)20-13-8-17(26-3)18(27-4)9-16(13)29-11-19(20)30-23(12)21;1-2/h6-9,19H,10-11H2,1-5H3;1-2H3/t19-;/m1./s1. The van der Waals surface area contributed by atoms with Gasteiger partial charge in [-0.25, -0.2) is 0 Å². The molecule has 0 aromatic heterocycles. The van der Waals surface area contributed by atoms with E-state index >= 15 is 0 Å². The Morgan fingerprint density at radius 1 is 0.939 bits per heavy atom. The maximum Gasteiger partial charge on any atom is 0.174 e. The third kappa shape index (κ3) is 3.65. The van der Waals surface area contributed by atoms with Gasteiger partial charge < -0.3 is 28.4 Å². The summed E-state index contributed by atoms with van der Waals surface area (Å²) in [5, 5.41) is 0. The molecule has 3 heterocycles. The first kappa shape index (κ1) is 22.8. The van der Waals surface area contributed by atoms with Crippen molar-refractivity contribution in [3.05, 3.63) is 41.0 Å². The van der Waals surface area contributed by atoms with Crippen LogP contribution in [0.5, 0.6) is 28.7 Å². The van der Waals surface area contributed by atoms with Crippen LogP contribution in [-0.4, -0.2) is 45.4 Å². The molecule has 176 valence electrons. The van der Waals surface area contributed by atoms with E-state index in [-0.39, 0.29) is 18.8 Å². The van der Waals surface area contributed by atoms with Gasteiger partial charge in [-0.15, -0.1) is 0 Å². The Balaban J connectivity index is 0.00000126. The molecule has 33 heavy (non-hydrogen) atoms. The van der Waals surface area contributed by atoms with Gasteiger partial charge in [0.15, 0.2) is 23.4 Å². The van der Waals surface area contributed by atoms with Crippen molar-refractivity contribution in [2.24, 2.45) is 0 Å². The van der Waals surface area contributed by atoms with Crippen molar-refractivity contribution in [3.63, 3.8) is 0 Å². The van der Waals surface area contributed by atoms with E-state index in [2.05, 4.69) is 0 Å². The lowest BCUT2D eigenvalue weighted by Crippen LogP contribution is -2.38. The van der Waals surface area contributed by atoms with Crippen molar-refractivity contribution in [1.82, 2.24) is 0 Å². The quantitative estimate of drug-likeness (QED) is 0.636. The van der Waals surface area contributed by atoms with Crippen LogP contribution >= 0.6 is 0 Å². The predicted octanol–water partition coefficient (Wildman–Crippen LogP) is 5.14. The second-order valence-corrected chi connectivity index (χ2v) is 8.34. The van der Waals surface area contributed by atoms with Gasteiger partial charge >= 0.3 is 0 Å². The van der Waals surface area contributed by atoms with Crippen molar-refractivity contribution in [2.45, 2.75) is 45.8 Å². The highest BCUT2D eigenvalue weighted by Crippen LogP contribution is 2.51. The van der Waals surface area contributed by atoms with E-state index in [4.69, 9.17) is 28.4 Å². The largest absolute Gasteiger partial charge is 0.496 e. The van der Waals surface area contributed by atoms with E-state index in [0.717, 1.165) is 11.1 Å². The molecule has 0 radical (unpaired) electrons. The number of carbonyl (C=O) groups excluding carboxylic acids is 1. The van der Waals surface area contributed by atoms with E-state index < -0.39 is 11.7 Å². The summed E-state index contributed by atoms with van der Waals surface area (Å²) < 4.78 is 35.1. The summed E-state index contributed by atoms with van der Waals surface area (Å²) >= 11 is 0. The van der Waals surface area contributed by atoms with Gasteiger partial charge in [0.05, 0.1) is 33.3 Å².